The molecular weight excluding hydrogens is 245 g/mol. The van der Waals surface area contributed by atoms with Crippen LogP contribution in [0, 0.1) is 17.5 Å². The van der Waals surface area contributed by atoms with Crippen LogP contribution >= 0.6 is 0 Å². The van der Waals surface area contributed by atoms with Gasteiger partial charge in [0.15, 0.2) is 11.6 Å². The molecule has 0 saturated heterocycles. The van der Waals surface area contributed by atoms with E-state index in [0.29, 0.717) is 0 Å². The van der Waals surface area contributed by atoms with Crippen molar-refractivity contribution in [1.29, 1.82) is 0 Å². The minimum absolute atomic E-state index is 0.0446. The first-order valence-electron chi connectivity index (χ1n) is 5.28. The van der Waals surface area contributed by atoms with Crippen LogP contribution in [0.1, 0.15) is 12.0 Å². The van der Waals surface area contributed by atoms with Crippen molar-refractivity contribution in [1.82, 2.24) is 0 Å². The molecule has 0 fully saturated rings. The number of benzene rings is 2. The molecular formula is C13H9F3O2. The van der Waals surface area contributed by atoms with E-state index in [1.807, 2.05) is 0 Å². The van der Waals surface area contributed by atoms with Crippen LogP contribution in [0.15, 0.2) is 24.3 Å². The van der Waals surface area contributed by atoms with Crippen molar-refractivity contribution in [3.8, 4) is 0 Å². The van der Waals surface area contributed by atoms with Crippen molar-refractivity contribution in [2.75, 3.05) is 0 Å². The second-order valence-electron chi connectivity index (χ2n) is 3.86. The Balaban J connectivity index is 2.63. The van der Waals surface area contributed by atoms with E-state index in [1.54, 1.807) is 0 Å². The summed E-state index contributed by atoms with van der Waals surface area (Å²) in [5.41, 5.74) is -0.520. The Kier molecular flexibility index (Phi) is 3.23. The fourth-order valence-corrected chi connectivity index (χ4v) is 1.83. The second kappa shape index (κ2) is 4.68. The highest BCUT2D eigenvalue weighted by Crippen LogP contribution is 2.28. The highest BCUT2D eigenvalue weighted by atomic mass is 19.2. The molecule has 94 valence electrons. The number of carboxylic acid groups (broad SMARTS) is 1. The Morgan fingerprint density at radius 2 is 1.56 bits per heavy atom. The zero-order valence-electron chi connectivity index (χ0n) is 9.21. The smallest absolute Gasteiger partial charge is 0.303 e. The summed E-state index contributed by atoms with van der Waals surface area (Å²) in [6.45, 7) is 0. The molecule has 2 aromatic rings. The summed E-state index contributed by atoms with van der Waals surface area (Å²) in [7, 11) is 0. The van der Waals surface area contributed by atoms with Gasteiger partial charge in [-0.2, -0.15) is 0 Å². The van der Waals surface area contributed by atoms with E-state index in [2.05, 4.69) is 0 Å². The minimum Gasteiger partial charge on any atom is -0.481 e. The third kappa shape index (κ3) is 2.03. The number of hydrogen-bond donors (Lipinski definition) is 1. The fraction of sp³-hybridized carbons (Fsp3) is 0.154. The molecule has 1 N–H and O–H groups in total. The van der Waals surface area contributed by atoms with Crippen LogP contribution in [0.4, 0.5) is 13.2 Å². The van der Waals surface area contributed by atoms with Gasteiger partial charge in [-0.15, -0.1) is 0 Å². The van der Waals surface area contributed by atoms with Gasteiger partial charge < -0.3 is 5.11 Å². The van der Waals surface area contributed by atoms with Crippen molar-refractivity contribution in [2.24, 2.45) is 0 Å². The monoisotopic (exact) mass is 254 g/mol. The summed E-state index contributed by atoms with van der Waals surface area (Å²) >= 11 is 0. The first-order valence-corrected chi connectivity index (χ1v) is 5.28. The van der Waals surface area contributed by atoms with Crippen molar-refractivity contribution >= 4 is 16.7 Å². The van der Waals surface area contributed by atoms with E-state index in [0.717, 1.165) is 0 Å². The first-order chi connectivity index (χ1) is 8.52. The van der Waals surface area contributed by atoms with E-state index in [9.17, 15) is 18.0 Å². The average molecular weight is 254 g/mol. The standard InChI is InChI=1S/C13H9F3O2/c14-11-7-3-1-2-4-8(7)12(15)13(16)9(11)5-6-10(17)18/h1-4H,5-6H2,(H,17,18). The van der Waals surface area contributed by atoms with Crippen LogP contribution in [-0.4, -0.2) is 11.1 Å². The molecule has 0 bridgehead atoms. The molecule has 0 amide bonds. The molecule has 5 heteroatoms. The van der Waals surface area contributed by atoms with Crippen LogP contribution in [0.25, 0.3) is 10.8 Å². The quantitative estimate of drug-likeness (QED) is 0.853. The Morgan fingerprint density at radius 3 is 2.11 bits per heavy atom. The average Bonchev–Trinajstić information content (AvgIpc) is 2.36. The number of rotatable bonds is 3. The van der Waals surface area contributed by atoms with Crippen molar-refractivity contribution < 1.29 is 23.1 Å². The Labute approximate surface area is 101 Å². The van der Waals surface area contributed by atoms with Crippen molar-refractivity contribution in [3.63, 3.8) is 0 Å². The van der Waals surface area contributed by atoms with Crippen molar-refractivity contribution in [3.05, 3.63) is 47.3 Å². The number of fused-ring (bicyclic) bond motifs is 1. The van der Waals surface area contributed by atoms with Crippen LogP contribution in [-0.2, 0) is 11.2 Å². The summed E-state index contributed by atoms with van der Waals surface area (Å²) in [5, 5.41) is 8.31. The second-order valence-corrected chi connectivity index (χ2v) is 3.86. The summed E-state index contributed by atoms with van der Waals surface area (Å²) in [6, 6.07) is 5.58. The number of halogens is 3. The summed E-state index contributed by atoms with van der Waals surface area (Å²) in [6.07, 6.45) is -0.833. The lowest BCUT2D eigenvalue weighted by Gasteiger charge is -2.09. The summed E-state index contributed by atoms with van der Waals surface area (Å²) in [4.78, 5) is 10.4. The molecule has 0 heterocycles. The van der Waals surface area contributed by atoms with E-state index < -0.39 is 35.4 Å². The lowest BCUT2D eigenvalue weighted by molar-refractivity contribution is -0.136. The van der Waals surface area contributed by atoms with Gasteiger partial charge in [-0.25, -0.2) is 13.2 Å². The van der Waals surface area contributed by atoms with Gasteiger partial charge in [0.25, 0.3) is 0 Å². The molecule has 0 aliphatic rings. The van der Waals surface area contributed by atoms with Gasteiger partial charge in [-0.05, 0) is 6.42 Å². The number of hydrogen-bond acceptors (Lipinski definition) is 1. The zero-order chi connectivity index (χ0) is 13.3. The Hall–Kier alpha value is -2.04. The maximum absolute atomic E-state index is 14.0. The molecule has 2 rings (SSSR count). The zero-order valence-corrected chi connectivity index (χ0v) is 9.21. The maximum Gasteiger partial charge on any atom is 0.303 e. The summed E-state index contributed by atoms with van der Waals surface area (Å²) in [5.74, 6) is -4.55. The summed E-state index contributed by atoms with van der Waals surface area (Å²) < 4.78 is 41.3. The topological polar surface area (TPSA) is 37.3 Å². The van der Waals surface area contributed by atoms with Gasteiger partial charge in [0, 0.05) is 22.8 Å². The van der Waals surface area contributed by atoms with Gasteiger partial charge in [0.2, 0.25) is 0 Å². The highest BCUT2D eigenvalue weighted by Gasteiger charge is 2.20. The third-order valence-corrected chi connectivity index (χ3v) is 2.71. The third-order valence-electron chi connectivity index (χ3n) is 2.71. The molecule has 0 atom stereocenters. The lowest BCUT2D eigenvalue weighted by Crippen LogP contribution is -2.05. The Morgan fingerprint density at radius 1 is 1.00 bits per heavy atom. The molecule has 0 radical (unpaired) electrons. The van der Waals surface area contributed by atoms with Gasteiger partial charge >= 0.3 is 5.97 Å². The Bertz CT molecular complexity index is 623. The largest absolute Gasteiger partial charge is 0.481 e. The minimum atomic E-state index is -1.31. The predicted octanol–water partition coefficient (Wildman–Crippen LogP) is 3.27. The molecule has 0 spiro atoms. The van der Waals surface area contributed by atoms with Gasteiger partial charge in [-0.3, -0.25) is 4.79 Å². The number of carboxylic acids is 1. The molecule has 0 unspecified atom stereocenters. The molecule has 0 saturated carbocycles. The van der Waals surface area contributed by atoms with E-state index >= 15 is 0 Å². The van der Waals surface area contributed by atoms with Gasteiger partial charge in [0.05, 0.1) is 0 Å². The van der Waals surface area contributed by atoms with Gasteiger partial charge in [-0.1, -0.05) is 24.3 Å². The molecule has 0 aliphatic carbocycles. The van der Waals surface area contributed by atoms with E-state index in [-0.39, 0.29) is 17.2 Å². The fourth-order valence-electron chi connectivity index (χ4n) is 1.83. The molecule has 18 heavy (non-hydrogen) atoms. The van der Waals surface area contributed by atoms with Gasteiger partial charge in [0.1, 0.15) is 5.82 Å². The van der Waals surface area contributed by atoms with Crippen LogP contribution in [0.3, 0.4) is 0 Å². The molecule has 0 aliphatic heterocycles. The van der Waals surface area contributed by atoms with Crippen molar-refractivity contribution in [2.45, 2.75) is 12.8 Å². The van der Waals surface area contributed by atoms with Crippen LogP contribution < -0.4 is 0 Å². The first kappa shape index (κ1) is 12.4. The van der Waals surface area contributed by atoms with E-state index in [1.165, 1.54) is 24.3 Å². The predicted molar refractivity (Wildman–Crippen MR) is 59.8 cm³/mol. The molecule has 0 aromatic heterocycles. The number of aliphatic carboxylic acids is 1. The maximum atomic E-state index is 14.0. The SMILES string of the molecule is O=C(O)CCc1c(F)c(F)c2ccccc2c1F. The highest BCUT2D eigenvalue weighted by molar-refractivity contribution is 5.84. The van der Waals surface area contributed by atoms with E-state index in [4.69, 9.17) is 5.11 Å². The molecule has 2 aromatic carbocycles. The van der Waals surface area contributed by atoms with Crippen LogP contribution in [0.5, 0.6) is 0 Å². The lowest BCUT2D eigenvalue weighted by atomic mass is 10.0. The normalized spacial score (nSPS) is 10.8. The number of carbonyl (C=O) groups is 1. The molecule has 2 nitrogen and oxygen atoms in total. The van der Waals surface area contributed by atoms with Crippen LogP contribution in [0.2, 0.25) is 0 Å².